The molecule has 20 heavy (non-hydrogen) atoms. The molecular formula is C14H8F3IN2. The molecule has 0 saturated carbocycles. The lowest BCUT2D eigenvalue weighted by molar-refractivity contribution is -0.137. The molecule has 0 saturated heterocycles. The summed E-state index contributed by atoms with van der Waals surface area (Å²) < 4.78 is 38.7. The van der Waals surface area contributed by atoms with Crippen molar-refractivity contribution in [1.29, 1.82) is 5.26 Å². The lowest BCUT2D eigenvalue weighted by Crippen LogP contribution is -2.06. The molecule has 0 heterocycles. The maximum absolute atomic E-state index is 12.6. The summed E-state index contributed by atoms with van der Waals surface area (Å²) in [5, 5.41) is 11.9. The summed E-state index contributed by atoms with van der Waals surface area (Å²) in [7, 11) is 0. The number of benzene rings is 2. The van der Waals surface area contributed by atoms with Crippen LogP contribution in [0.15, 0.2) is 42.5 Å². The third-order valence-corrected chi connectivity index (χ3v) is 3.24. The molecule has 0 radical (unpaired) electrons. The molecule has 0 fully saturated rings. The van der Waals surface area contributed by atoms with Crippen LogP contribution in [-0.2, 0) is 6.18 Å². The van der Waals surface area contributed by atoms with Crippen LogP contribution in [0.5, 0.6) is 0 Å². The second-order valence-corrected chi connectivity index (χ2v) is 5.25. The van der Waals surface area contributed by atoms with Crippen LogP contribution in [0.2, 0.25) is 0 Å². The van der Waals surface area contributed by atoms with E-state index >= 15 is 0 Å². The molecule has 0 spiro atoms. The second kappa shape index (κ2) is 5.71. The third kappa shape index (κ3) is 3.42. The van der Waals surface area contributed by atoms with Gasteiger partial charge in [0, 0.05) is 9.26 Å². The number of rotatable bonds is 2. The highest BCUT2D eigenvalue weighted by molar-refractivity contribution is 14.1. The summed E-state index contributed by atoms with van der Waals surface area (Å²) in [5.41, 5.74) is 0.191. The van der Waals surface area contributed by atoms with Gasteiger partial charge < -0.3 is 5.32 Å². The topological polar surface area (TPSA) is 35.8 Å². The Morgan fingerprint density at radius 3 is 2.45 bits per heavy atom. The van der Waals surface area contributed by atoms with Crippen molar-refractivity contribution in [2.75, 3.05) is 5.32 Å². The Kier molecular flexibility index (Phi) is 4.18. The summed E-state index contributed by atoms with van der Waals surface area (Å²) in [6.07, 6.45) is -4.45. The van der Waals surface area contributed by atoms with E-state index in [0.717, 1.165) is 15.7 Å². The van der Waals surface area contributed by atoms with Crippen LogP contribution in [0.3, 0.4) is 0 Å². The zero-order valence-corrected chi connectivity index (χ0v) is 12.2. The highest BCUT2D eigenvalue weighted by Gasteiger charge is 2.31. The van der Waals surface area contributed by atoms with Gasteiger partial charge in [-0.05, 0) is 59.0 Å². The summed E-state index contributed by atoms with van der Waals surface area (Å²) >= 11 is 2.13. The van der Waals surface area contributed by atoms with Gasteiger partial charge in [0.2, 0.25) is 0 Å². The van der Waals surface area contributed by atoms with Crippen molar-refractivity contribution in [2.45, 2.75) is 6.18 Å². The molecule has 102 valence electrons. The Bertz CT molecular complexity index is 675. The van der Waals surface area contributed by atoms with Gasteiger partial charge in [0.15, 0.2) is 0 Å². The zero-order chi connectivity index (χ0) is 14.8. The van der Waals surface area contributed by atoms with Gasteiger partial charge in [-0.2, -0.15) is 18.4 Å². The van der Waals surface area contributed by atoms with E-state index in [-0.39, 0.29) is 5.56 Å². The fourth-order valence-corrected chi connectivity index (χ4v) is 2.19. The van der Waals surface area contributed by atoms with E-state index in [1.807, 2.05) is 18.2 Å². The molecular weight excluding hydrogens is 380 g/mol. The molecule has 2 aromatic carbocycles. The third-order valence-electron chi connectivity index (χ3n) is 2.57. The number of halogens is 4. The number of nitrogens with one attached hydrogen (secondary N) is 1. The Morgan fingerprint density at radius 2 is 1.85 bits per heavy atom. The number of anilines is 2. The van der Waals surface area contributed by atoms with Crippen molar-refractivity contribution in [1.82, 2.24) is 0 Å². The van der Waals surface area contributed by atoms with Gasteiger partial charge in [-0.15, -0.1) is 0 Å². The first-order chi connectivity index (χ1) is 9.40. The van der Waals surface area contributed by atoms with Gasteiger partial charge >= 0.3 is 6.18 Å². The first-order valence-electron chi connectivity index (χ1n) is 5.54. The molecule has 0 amide bonds. The monoisotopic (exact) mass is 388 g/mol. The van der Waals surface area contributed by atoms with Gasteiger partial charge in [0.1, 0.15) is 6.07 Å². The molecule has 0 bridgehead atoms. The number of nitriles is 1. The number of hydrogen-bond donors (Lipinski definition) is 1. The van der Waals surface area contributed by atoms with Crippen molar-refractivity contribution in [3.05, 3.63) is 57.2 Å². The SMILES string of the molecule is N#Cc1cc(C(F)(F)F)ccc1Nc1cccc(I)c1. The molecule has 0 atom stereocenters. The second-order valence-electron chi connectivity index (χ2n) is 4.01. The molecule has 6 heteroatoms. The lowest BCUT2D eigenvalue weighted by Gasteiger charge is -2.11. The highest BCUT2D eigenvalue weighted by atomic mass is 127. The Morgan fingerprint density at radius 1 is 1.10 bits per heavy atom. The molecule has 0 aliphatic carbocycles. The Hall–Kier alpha value is -1.75. The molecule has 2 aromatic rings. The average Bonchev–Trinajstić information content (AvgIpc) is 2.38. The molecule has 1 N–H and O–H groups in total. The van der Waals surface area contributed by atoms with E-state index in [9.17, 15) is 13.2 Å². The first-order valence-corrected chi connectivity index (χ1v) is 6.62. The molecule has 2 rings (SSSR count). The van der Waals surface area contributed by atoms with E-state index < -0.39 is 11.7 Å². The summed E-state index contributed by atoms with van der Waals surface area (Å²) in [4.78, 5) is 0. The van der Waals surface area contributed by atoms with Crippen LogP contribution < -0.4 is 5.32 Å². The van der Waals surface area contributed by atoms with Crippen LogP contribution >= 0.6 is 22.6 Å². The fraction of sp³-hybridized carbons (Fsp3) is 0.0714. The fourth-order valence-electron chi connectivity index (χ4n) is 1.64. The van der Waals surface area contributed by atoms with Crippen LogP contribution in [0.4, 0.5) is 24.5 Å². The van der Waals surface area contributed by atoms with Crippen LogP contribution in [-0.4, -0.2) is 0 Å². The Balaban J connectivity index is 2.36. The molecule has 0 aromatic heterocycles. The minimum absolute atomic E-state index is 0.0429. The van der Waals surface area contributed by atoms with Crippen molar-refractivity contribution < 1.29 is 13.2 Å². The number of hydrogen-bond acceptors (Lipinski definition) is 2. The van der Waals surface area contributed by atoms with Crippen molar-refractivity contribution in [3.8, 4) is 6.07 Å². The number of alkyl halides is 3. The molecule has 0 unspecified atom stereocenters. The summed E-state index contributed by atoms with van der Waals surface area (Å²) in [5.74, 6) is 0. The standard InChI is InChI=1S/C14H8F3IN2/c15-14(16,17)10-4-5-13(9(6-10)8-19)20-12-3-1-2-11(18)7-12/h1-7,20H. The molecule has 0 aliphatic rings. The predicted octanol–water partition coefficient (Wildman–Crippen LogP) is 4.93. The maximum atomic E-state index is 12.6. The highest BCUT2D eigenvalue weighted by Crippen LogP contribution is 2.32. The minimum atomic E-state index is -4.45. The zero-order valence-electron chi connectivity index (χ0n) is 10.0. The van der Waals surface area contributed by atoms with Crippen LogP contribution in [0.1, 0.15) is 11.1 Å². The minimum Gasteiger partial charge on any atom is -0.354 e. The average molecular weight is 388 g/mol. The van der Waals surface area contributed by atoms with E-state index in [0.29, 0.717) is 11.4 Å². The molecule has 2 nitrogen and oxygen atoms in total. The van der Waals surface area contributed by atoms with Gasteiger partial charge in [-0.1, -0.05) is 6.07 Å². The predicted molar refractivity (Wildman–Crippen MR) is 78.6 cm³/mol. The maximum Gasteiger partial charge on any atom is 0.416 e. The molecule has 0 aliphatic heterocycles. The van der Waals surface area contributed by atoms with Crippen LogP contribution in [0, 0.1) is 14.9 Å². The van der Waals surface area contributed by atoms with Crippen molar-refractivity contribution >= 4 is 34.0 Å². The summed E-state index contributed by atoms with van der Waals surface area (Å²) in [6.45, 7) is 0. The van der Waals surface area contributed by atoms with Gasteiger partial charge in [0.05, 0.1) is 16.8 Å². The Labute approximate surface area is 127 Å². The first kappa shape index (κ1) is 14.7. The lowest BCUT2D eigenvalue weighted by atomic mass is 10.1. The normalized spacial score (nSPS) is 10.9. The van der Waals surface area contributed by atoms with Gasteiger partial charge in [0.25, 0.3) is 0 Å². The van der Waals surface area contributed by atoms with E-state index in [4.69, 9.17) is 5.26 Å². The summed E-state index contributed by atoms with van der Waals surface area (Å²) in [6, 6.07) is 12.2. The van der Waals surface area contributed by atoms with E-state index in [1.165, 1.54) is 6.07 Å². The largest absolute Gasteiger partial charge is 0.416 e. The smallest absolute Gasteiger partial charge is 0.354 e. The quantitative estimate of drug-likeness (QED) is 0.742. The van der Waals surface area contributed by atoms with E-state index in [1.54, 1.807) is 12.1 Å². The van der Waals surface area contributed by atoms with Gasteiger partial charge in [-0.25, -0.2) is 0 Å². The van der Waals surface area contributed by atoms with Crippen molar-refractivity contribution in [3.63, 3.8) is 0 Å². The van der Waals surface area contributed by atoms with Gasteiger partial charge in [-0.3, -0.25) is 0 Å². The number of nitrogens with zero attached hydrogens (tertiary/aromatic N) is 1. The van der Waals surface area contributed by atoms with E-state index in [2.05, 4.69) is 27.9 Å². The van der Waals surface area contributed by atoms with Crippen LogP contribution in [0.25, 0.3) is 0 Å². The van der Waals surface area contributed by atoms with Crippen molar-refractivity contribution in [2.24, 2.45) is 0 Å².